The molecule has 0 aliphatic carbocycles. The number of piperidine rings is 1. The zero-order valence-electron chi connectivity index (χ0n) is 12.4. The summed E-state index contributed by atoms with van der Waals surface area (Å²) in [5.41, 5.74) is 0. The van der Waals surface area contributed by atoms with E-state index in [4.69, 9.17) is 4.74 Å². The van der Waals surface area contributed by atoms with Gasteiger partial charge in [-0.15, -0.1) is 0 Å². The number of rotatable bonds is 9. The van der Waals surface area contributed by atoms with Crippen LogP contribution in [-0.2, 0) is 9.53 Å². The summed E-state index contributed by atoms with van der Waals surface area (Å²) in [7, 11) is 1.66. The minimum absolute atomic E-state index is 0.0720. The predicted molar refractivity (Wildman–Crippen MR) is 77.3 cm³/mol. The fourth-order valence-electron chi connectivity index (χ4n) is 2.44. The van der Waals surface area contributed by atoms with Crippen LogP contribution in [0.25, 0.3) is 0 Å². The molecule has 1 rings (SSSR count). The normalized spacial score (nSPS) is 20.4. The van der Waals surface area contributed by atoms with Crippen LogP contribution in [0.5, 0.6) is 0 Å². The maximum atomic E-state index is 11.5. The largest absolute Gasteiger partial charge is 0.383 e. The Morgan fingerprint density at radius 3 is 2.95 bits per heavy atom. The van der Waals surface area contributed by atoms with Gasteiger partial charge in [0.15, 0.2) is 0 Å². The topological polar surface area (TPSA) is 53.6 Å². The van der Waals surface area contributed by atoms with Gasteiger partial charge >= 0.3 is 0 Å². The van der Waals surface area contributed by atoms with Crippen LogP contribution in [0.15, 0.2) is 0 Å². The van der Waals surface area contributed by atoms with E-state index in [1.54, 1.807) is 7.11 Å². The zero-order valence-corrected chi connectivity index (χ0v) is 12.4. The summed E-state index contributed by atoms with van der Waals surface area (Å²) in [5, 5.41) is 5.98. The summed E-state index contributed by atoms with van der Waals surface area (Å²) < 4.78 is 4.90. The first-order valence-corrected chi connectivity index (χ1v) is 7.44. The first kappa shape index (κ1) is 16.4. The number of carbonyl (C=O) groups is 1. The molecule has 1 atom stereocenters. The second kappa shape index (κ2) is 10.2. The van der Waals surface area contributed by atoms with Crippen LogP contribution in [0.2, 0.25) is 0 Å². The van der Waals surface area contributed by atoms with Crippen LogP contribution in [0.4, 0.5) is 0 Å². The van der Waals surface area contributed by atoms with Crippen LogP contribution >= 0.6 is 0 Å². The Balaban J connectivity index is 1.96. The van der Waals surface area contributed by atoms with Crippen molar-refractivity contribution in [3.8, 4) is 0 Å². The van der Waals surface area contributed by atoms with E-state index in [1.165, 1.54) is 25.8 Å². The fraction of sp³-hybridized carbons (Fsp3) is 0.929. The molecule has 0 saturated carbocycles. The Bertz CT molecular complexity index is 249. The van der Waals surface area contributed by atoms with Crippen LogP contribution in [0.3, 0.4) is 0 Å². The van der Waals surface area contributed by atoms with Gasteiger partial charge in [0, 0.05) is 32.8 Å². The maximum Gasteiger partial charge on any atom is 0.233 e. The molecule has 1 fully saturated rings. The third kappa shape index (κ3) is 7.50. The van der Waals surface area contributed by atoms with Crippen molar-refractivity contribution >= 4 is 5.91 Å². The van der Waals surface area contributed by atoms with E-state index in [2.05, 4.69) is 22.5 Å². The molecular formula is C14H29N3O2. The van der Waals surface area contributed by atoms with E-state index in [-0.39, 0.29) is 5.91 Å². The standard InChI is InChI=1S/C14H29N3O2/c1-13-6-3-4-9-17(13)10-5-7-16-14(18)12-15-8-11-19-2/h13,15H,3-12H2,1-2H3,(H,16,18). The van der Waals surface area contributed by atoms with Gasteiger partial charge in [-0.1, -0.05) is 6.42 Å². The van der Waals surface area contributed by atoms with E-state index in [1.807, 2.05) is 0 Å². The monoisotopic (exact) mass is 271 g/mol. The fourth-order valence-corrected chi connectivity index (χ4v) is 2.44. The molecule has 5 heteroatoms. The zero-order chi connectivity index (χ0) is 13.9. The number of likely N-dealkylation sites (tertiary alicyclic amines) is 1. The quantitative estimate of drug-likeness (QED) is 0.603. The van der Waals surface area contributed by atoms with Gasteiger partial charge in [-0.05, 0) is 32.7 Å². The highest BCUT2D eigenvalue weighted by molar-refractivity contribution is 5.77. The highest BCUT2D eigenvalue weighted by Gasteiger charge is 2.17. The number of carbonyl (C=O) groups excluding carboxylic acids is 1. The van der Waals surface area contributed by atoms with Crippen LogP contribution < -0.4 is 10.6 Å². The number of methoxy groups -OCH3 is 1. The molecule has 2 N–H and O–H groups in total. The number of amides is 1. The molecule has 0 bridgehead atoms. The molecule has 1 saturated heterocycles. The molecule has 1 amide bonds. The Kier molecular flexibility index (Phi) is 8.79. The van der Waals surface area contributed by atoms with E-state index in [0.717, 1.165) is 26.1 Å². The van der Waals surface area contributed by atoms with Gasteiger partial charge in [-0.25, -0.2) is 0 Å². The summed E-state index contributed by atoms with van der Waals surface area (Å²) in [4.78, 5) is 14.0. The van der Waals surface area contributed by atoms with E-state index in [0.29, 0.717) is 19.2 Å². The molecule has 0 aromatic heterocycles. The van der Waals surface area contributed by atoms with Gasteiger partial charge in [0.25, 0.3) is 0 Å². The molecule has 112 valence electrons. The average molecular weight is 271 g/mol. The van der Waals surface area contributed by atoms with E-state index < -0.39 is 0 Å². The van der Waals surface area contributed by atoms with Crippen LogP contribution in [0.1, 0.15) is 32.6 Å². The number of hydrogen-bond donors (Lipinski definition) is 2. The second-order valence-corrected chi connectivity index (χ2v) is 5.25. The number of nitrogens with zero attached hydrogens (tertiary/aromatic N) is 1. The van der Waals surface area contributed by atoms with Gasteiger partial charge < -0.3 is 20.3 Å². The predicted octanol–water partition coefficient (Wildman–Crippen LogP) is 0.603. The minimum Gasteiger partial charge on any atom is -0.383 e. The lowest BCUT2D eigenvalue weighted by atomic mass is 10.0. The summed E-state index contributed by atoms with van der Waals surface area (Å²) >= 11 is 0. The van der Waals surface area contributed by atoms with Crippen molar-refractivity contribution in [1.29, 1.82) is 0 Å². The van der Waals surface area contributed by atoms with Crippen molar-refractivity contribution in [2.75, 3.05) is 46.4 Å². The Hall–Kier alpha value is -0.650. The lowest BCUT2D eigenvalue weighted by Crippen LogP contribution is -2.40. The molecule has 5 nitrogen and oxygen atoms in total. The lowest BCUT2D eigenvalue weighted by molar-refractivity contribution is -0.120. The van der Waals surface area contributed by atoms with Crippen molar-refractivity contribution in [3.63, 3.8) is 0 Å². The highest BCUT2D eigenvalue weighted by atomic mass is 16.5. The third-order valence-electron chi connectivity index (χ3n) is 3.65. The Morgan fingerprint density at radius 1 is 1.37 bits per heavy atom. The van der Waals surface area contributed by atoms with Crippen molar-refractivity contribution in [2.45, 2.75) is 38.6 Å². The third-order valence-corrected chi connectivity index (χ3v) is 3.65. The lowest BCUT2D eigenvalue weighted by Gasteiger charge is -2.33. The highest BCUT2D eigenvalue weighted by Crippen LogP contribution is 2.15. The molecule has 1 aliphatic heterocycles. The van der Waals surface area contributed by atoms with Crippen molar-refractivity contribution < 1.29 is 9.53 Å². The molecule has 1 heterocycles. The first-order valence-electron chi connectivity index (χ1n) is 7.44. The van der Waals surface area contributed by atoms with Crippen LogP contribution in [-0.4, -0.2) is 63.3 Å². The average Bonchev–Trinajstić information content (AvgIpc) is 2.41. The van der Waals surface area contributed by atoms with E-state index >= 15 is 0 Å². The molecule has 19 heavy (non-hydrogen) atoms. The molecule has 1 aliphatic rings. The molecule has 0 aromatic rings. The first-order chi connectivity index (χ1) is 9.24. The maximum absolute atomic E-state index is 11.5. The summed E-state index contributed by atoms with van der Waals surface area (Å²) in [6.45, 7) is 7.12. The van der Waals surface area contributed by atoms with Gasteiger partial charge in [0.05, 0.1) is 13.2 Å². The smallest absolute Gasteiger partial charge is 0.233 e. The van der Waals surface area contributed by atoms with Crippen LogP contribution in [0, 0.1) is 0 Å². The SMILES string of the molecule is COCCNCC(=O)NCCCN1CCCCC1C. The van der Waals surface area contributed by atoms with Gasteiger partial charge in [0.1, 0.15) is 0 Å². The number of ether oxygens (including phenoxy) is 1. The summed E-state index contributed by atoms with van der Waals surface area (Å²) in [6, 6.07) is 0.708. The molecule has 0 aromatic carbocycles. The molecule has 0 spiro atoms. The van der Waals surface area contributed by atoms with Gasteiger partial charge in [-0.3, -0.25) is 4.79 Å². The Labute approximate surface area is 117 Å². The van der Waals surface area contributed by atoms with E-state index in [9.17, 15) is 4.79 Å². The Morgan fingerprint density at radius 2 is 2.21 bits per heavy atom. The number of hydrogen-bond acceptors (Lipinski definition) is 4. The minimum atomic E-state index is 0.0720. The van der Waals surface area contributed by atoms with Crippen molar-refractivity contribution in [3.05, 3.63) is 0 Å². The van der Waals surface area contributed by atoms with Crippen molar-refractivity contribution in [2.24, 2.45) is 0 Å². The summed E-state index contributed by atoms with van der Waals surface area (Å²) in [6.07, 6.45) is 5.03. The number of nitrogens with one attached hydrogen (secondary N) is 2. The van der Waals surface area contributed by atoms with Gasteiger partial charge in [-0.2, -0.15) is 0 Å². The van der Waals surface area contributed by atoms with Crippen molar-refractivity contribution in [1.82, 2.24) is 15.5 Å². The molecule has 0 radical (unpaired) electrons. The molecular weight excluding hydrogens is 242 g/mol. The molecule has 1 unspecified atom stereocenters. The van der Waals surface area contributed by atoms with Gasteiger partial charge in [0.2, 0.25) is 5.91 Å². The second-order valence-electron chi connectivity index (χ2n) is 5.25. The summed E-state index contributed by atoms with van der Waals surface area (Å²) in [5.74, 6) is 0.0720.